The monoisotopic (exact) mass is 304 g/mol. The Morgan fingerprint density at radius 3 is 2.71 bits per heavy atom. The topological polar surface area (TPSA) is 101 Å². The molecule has 2 aromatic rings. The van der Waals surface area contributed by atoms with Crippen LogP contribution in [0, 0.1) is 6.92 Å². The molecule has 0 spiro atoms. The van der Waals surface area contributed by atoms with E-state index in [0.717, 1.165) is 15.4 Å². The Balaban J connectivity index is 1.87. The molecule has 21 heavy (non-hydrogen) atoms. The predicted octanol–water partition coefficient (Wildman–Crippen LogP) is 1.40. The van der Waals surface area contributed by atoms with Crippen molar-refractivity contribution < 1.29 is 10.0 Å². The molecule has 0 aliphatic carbocycles. The fourth-order valence-corrected chi connectivity index (χ4v) is 2.51. The first-order valence-electron chi connectivity index (χ1n) is 6.33. The fourth-order valence-electron chi connectivity index (χ4n) is 1.77. The number of hydrogen-bond donors (Lipinski definition) is 3. The van der Waals surface area contributed by atoms with E-state index in [0.29, 0.717) is 12.1 Å². The van der Waals surface area contributed by atoms with Crippen LogP contribution < -0.4 is 11.1 Å². The van der Waals surface area contributed by atoms with E-state index < -0.39 is 0 Å². The Morgan fingerprint density at radius 1 is 1.43 bits per heavy atom. The second-order valence-corrected chi connectivity index (χ2v) is 5.80. The highest BCUT2D eigenvalue weighted by molar-refractivity contribution is 7.11. The maximum atomic E-state index is 11.9. The molecule has 1 heterocycles. The lowest BCUT2D eigenvalue weighted by Gasteiger charge is -2.05. The molecule has 0 fully saturated rings. The fraction of sp³-hybridized carbons (Fsp3) is 0.214. The molecular weight excluding hydrogens is 288 g/mol. The summed E-state index contributed by atoms with van der Waals surface area (Å²) in [4.78, 5) is 17.0. The second-order valence-electron chi connectivity index (χ2n) is 4.48. The molecule has 0 unspecified atom stereocenters. The summed E-state index contributed by atoms with van der Waals surface area (Å²) in [6, 6.07) is 6.99. The number of thiazole rings is 1. The van der Waals surface area contributed by atoms with Crippen LogP contribution in [0.15, 0.2) is 35.6 Å². The van der Waals surface area contributed by atoms with Gasteiger partial charge in [-0.05, 0) is 12.5 Å². The summed E-state index contributed by atoms with van der Waals surface area (Å²) in [6.45, 7) is 2.42. The van der Waals surface area contributed by atoms with Crippen molar-refractivity contribution in [3.8, 4) is 0 Å². The van der Waals surface area contributed by atoms with Gasteiger partial charge < -0.3 is 16.3 Å². The van der Waals surface area contributed by atoms with Crippen LogP contribution in [0.2, 0.25) is 0 Å². The number of aryl methyl sites for hydroxylation is 1. The number of oxime groups is 1. The molecule has 6 nitrogen and oxygen atoms in total. The van der Waals surface area contributed by atoms with Gasteiger partial charge in [0.15, 0.2) is 5.84 Å². The minimum absolute atomic E-state index is 0.0477. The zero-order valence-electron chi connectivity index (χ0n) is 11.5. The number of rotatable bonds is 5. The lowest BCUT2D eigenvalue weighted by atomic mass is 10.1. The molecular formula is C14H16N4O2S. The lowest BCUT2D eigenvalue weighted by molar-refractivity contribution is -0.120. The Labute approximate surface area is 126 Å². The summed E-state index contributed by atoms with van der Waals surface area (Å²) < 4.78 is 0. The molecule has 7 heteroatoms. The third kappa shape index (κ3) is 4.28. The van der Waals surface area contributed by atoms with E-state index >= 15 is 0 Å². The largest absolute Gasteiger partial charge is 0.409 e. The zero-order chi connectivity index (χ0) is 15.2. The maximum absolute atomic E-state index is 11.9. The van der Waals surface area contributed by atoms with Crippen LogP contribution in [0.25, 0.3) is 0 Å². The first-order valence-corrected chi connectivity index (χ1v) is 7.15. The number of nitrogens with two attached hydrogens (primary N) is 1. The highest BCUT2D eigenvalue weighted by Gasteiger charge is 2.06. The van der Waals surface area contributed by atoms with Gasteiger partial charge in [0.25, 0.3) is 0 Å². The zero-order valence-corrected chi connectivity index (χ0v) is 12.4. The average molecular weight is 304 g/mol. The Morgan fingerprint density at radius 2 is 2.14 bits per heavy atom. The number of amidine groups is 1. The number of benzene rings is 1. The normalized spacial score (nSPS) is 11.4. The van der Waals surface area contributed by atoms with Gasteiger partial charge in [0.1, 0.15) is 0 Å². The number of amides is 1. The molecule has 0 saturated carbocycles. The molecule has 0 radical (unpaired) electrons. The highest BCUT2D eigenvalue weighted by atomic mass is 32.1. The van der Waals surface area contributed by atoms with E-state index in [9.17, 15) is 4.79 Å². The second kappa shape index (κ2) is 6.85. The highest BCUT2D eigenvalue weighted by Crippen LogP contribution is 2.11. The van der Waals surface area contributed by atoms with Gasteiger partial charge in [-0.15, -0.1) is 11.3 Å². The Bertz CT molecular complexity index is 649. The average Bonchev–Trinajstić information content (AvgIpc) is 2.91. The van der Waals surface area contributed by atoms with Gasteiger partial charge in [0.05, 0.1) is 18.0 Å². The van der Waals surface area contributed by atoms with Crippen molar-refractivity contribution >= 4 is 23.1 Å². The number of nitrogens with one attached hydrogen (secondary N) is 1. The van der Waals surface area contributed by atoms with Crippen LogP contribution in [0.4, 0.5) is 0 Å². The van der Waals surface area contributed by atoms with Gasteiger partial charge in [-0.2, -0.15) is 0 Å². The summed E-state index contributed by atoms with van der Waals surface area (Å²) >= 11 is 1.57. The van der Waals surface area contributed by atoms with Crippen LogP contribution in [-0.4, -0.2) is 21.9 Å². The van der Waals surface area contributed by atoms with Gasteiger partial charge in [0.2, 0.25) is 5.91 Å². The number of hydrogen-bond acceptors (Lipinski definition) is 5. The quantitative estimate of drug-likeness (QED) is 0.336. The smallest absolute Gasteiger partial charge is 0.224 e. The van der Waals surface area contributed by atoms with E-state index in [1.54, 1.807) is 41.8 Å². The SMILES string of the molecule is Cc1ncc(CNC(=O)Cc2ccc(C(N)=NO)cc2)s1. The summed E-state index contributed by atoms with van der Waals surface area (Å²) in [5.41, 5.74) is 6.95. The van der Waals surface area contributed by atoms with Gasteiger partial charge in [-0.3, -0.25) is 4.79 Å². The molecule has 110 valence electrons. The molecule has 1 aromatic heterocycles. The summed E-state index contributed by atoms with van der Waals surface area (Å²) in [6.07, 6.45) is 2.06. The molecule has 0 saturated heterocycles. The molecule has 4 N–H and O–H groups in total. The number of carbonyl (C=O) groups is 1. The third-order valence-electron chi connectivity index (χ3n) is 2.85. The van der Waals surface area contributed by atoms with E-state index in [1.807, 2.05) is 6.92 Å². The molecule has 2 rings (SSSR count). The summed E-state index contributed by atoms with van der Waals surface area (Å²) in [7, 11) is 0. The number of nitrogens with zero attached hydrogens (tertiary/aromatic N) is 2. The van der Waals surface area contributed by atoms with Crippen LogP contribution >= 0.6 is 11.3 Å². The van der Waals surface area contributed by atoms with E-state index in [1.165, 1.54) is 0 Å². The molecule has 0 bridgehead atoms. The third-order valence-corrected chi connectivity index (χ3v) is 3.76. The van der Waals surface area contributed by atoms with Crippen molar-refractivity contribution in [1.82, 2.24) is 10.3 Å². The van der Waals surface area contributed by atoms with Crippen LogP contribution in [0.1, 0.15) is 21.0 Å². The minimum atomic E-state index is -0.0578. The lowest BCUT2D eigenvalue weighted by Crippen LogP contribution is -2.24. The number of carbonyl (C=O) groups excluding carboxylic acids is 1. The maximum Gasteiger partial charge on any atom is 0.224 e. The van der Waals surface area contributed by atoms with Gasteiger partial charge in [0, 0.05) is 16.6 Å². The predicted molar refractivity (Wildman–Crippen MR) is 81.4 cm³/mol. The summed E-state index contributed by atoms with van der Waals surface area (Å²) in [5.74, 6) is -0.0100. The van der Waals surface area contributed by atoms with E-state index in [-0.39, 0.29) is 18.2 Å². The van der Waals surface area contributed by atoms with E-state index in [4.69, 9.17) is 10.9 Å². The van der Waals surface area contributed by atoms with Gasteiger partial charge in [-0.1, -0.05) is 29.4 Å². The Hall–Kier alpha value is -2.41. The first kappa shape index (κ1) is 15.0. The Kier molecular flexibility index (Phi) is 4.89. The molecule has 1 aromatic carbocycles. The van der Waals surface area contributed by atoms with Crippen molar-refractivity contribution in [2.24, 2.45) is 10.9 Å². The van der Waals surface area contributed by atoms with E-state index in [2.05, 4.69) is 15.5 Å². The van der Waals surface area contributed by atoms with Crippen molar-refractivity contribution in [3.05, 3.63) is 51.5 Å². The molecule has 1 amide bonds. The standard InChI is InChI=1S/C14H16N4O2S/c1-9-16-7-12(21-9)8-17-13(19)6-10-2-4-11(5-3-10)14(15)18-20/h2-5,7,20H,6,8H2,1H3,(H2,15,18)(H,17,19). The van der Waals surface area contributed by atoms with Gasteiger partial charge in [-0.25, -0.2) is 4.98 Å². The van der Waals surface area contributed by atoms with Crippen LogP contribution in [0.3, 0.4) is 0 Å². The van der Waals surface area contributed by atoms with Crippen molar-refractivity contribution in [3.63, 3.8) is 0 Å². The molecule has 0 aliphatic rings. The van der Waals surface area contributed by atoms with Gasteiger partial charge >= 0.3 is 0 Å². The van der Waals surface area contributed by atoms with Crippen molar-refractivity contribution in [1.29, 1.82) is 0 Å². The summed E-state index contributed by atoms with van der Waals surface area (Å²) in [5, 5.41) is 15.3. The minimum Gasteiger partial charge on any atom is -0.409 e. The molecule has 0 aliphatic heterocycles. The van der Waals surface area contributed by atoms with Crippen molar-refractivity contribution in [2.45, 2.75) is 19.9 Å². The first-order chi connectivity index (χ1) is 10.1. The van der Waals surface area contributed by atoms with Crippen molar-refractivity contribution in [2.75, 3.05) is 0 Å². The molecule has 0 atom stereocenters. The number of aromatic nitrogens is 1. The van der Waals surface area contributed by atoms with Crippen LogP contribution in [-0.2, 0) is 17.8 Å². The van der Waals surface area contributed by atoms with Crippen LogP contribution in [0.5, 0.6) is 0 Å².